The lowest BCUT2D eigenvalue weighted by Gasteiger charge is -2.21. The molecular formula is C10H16N2O4S. The molecule has 0 bridgehead atoms. The predicted molar refractivity (Wildman–Crippen MR) is 63.8 cm³/mol. The molecule has 1 fully saturated rings. The summed E-state index contributed by atoms with van der Waals surface area (Å²) in [5.74, 6) is -1.29. The molecule has 1 rings (SSSR count). The fourth-order valence-electron chi connectivity index (χ4n) is 1.46. The van der Waals surface area contributed by atoms with Gasteiger partial charge in [-0.3, -0.25) is 9.59 Å². The van der Waals surface area contributed by atoms with Crippen molar-refractivity contribution >= 4 is 28.9 Å². The van der Waals surface area contributed by atoms with E-state index in [1.54, 1.807) is 6.92 Å². The van der Waals surface area contributed by atoms with Gasteiger partial charge in [0, 0.05) is 5.75 Å². The minimum Gasteiger partial charge on any atom is -0.480 e. The summed E-state index contributed by atoms with van der Waals surface area (Å²) in [6.07, 6.45) is 0.656. The number of hydrogen-bond acceptors (Lipinski definition) is 4. The van der Waals surface area contributed by atoms with Crippen molar-refractivity contribution in [1.29, 1.82) is 0 Å². The highest BCUT2D eigenvalue weighted by Crippen LogP contribution is 2.14. The molecule has 1 aliphatic heterocycles. The van der Waals surface area contributed by atoms with Crippen molar-refractivity contribution in [3.8, 4) is 0 Å². The molecule has 2 amide bonds. The zero-order valence-corrected chi connectivity index (χ0v) is 10.5. The fraction of sp³-hybridized carbons (Fsp3) is 0.700. The Labute approximate surface area is 104 Å². The van der Waals surface area contributed by atoms with Gasteiger partial charge < -0.3 is 15.7 Å². The van der Waals surface area contributed by atoms with E-state index in [1.165, 1.54) is 0 Å². The van der Waals surface area contributed by atoms with Crippen LogP contribution >= 0.6 is 11.8 Å². The first-order valence-electron chi connectivity index (χ1n) is 5.42. The maximum absolute atomic E-state index is 11.7. The number of amides is 2. The first-order chi connectivity index (χ1) is 7.95. The van der Waals surface area contributed by atoms with Gasteiger partial charge in [0.1, 0.15) is 12.1 Å². The van der Waals surface area contributed by atoms with Crippen LogP contribution in [0.4, 0.5) is 4.79 Å². The third kappa shape index (κ3) is 3.62. The first-order valence-corrected chi connectivity index (χ1v) is 6.40. The third-order valence-electron chi connectivity index (χ3n) is 2.77. The molecule has 3 unspecified atom stereocenters. The van der Waals surface area contributed by atoms with Gasteiger partial charge in [-0.05, 0) is 5.92 Å². The molecule has 1 saturated heterocycles. The molecule has 0 aromatic carbocycles. The lowest BCUT2D eigenvalue weighted by Crippen LogP contribution is -2.51. The van der Waals surface area contributed by atoms with Crippen LogP contribution in [0.2, 0.25) is 0 Å². The monoisotopic (exact) mass is 260 g/mol. The average Bonchev–Trinajstić information content (AvgIpc) is 2.71. The summed E-state index contributed by atoms with van der Waals surface area (Å²) in [6.45, 7) is 3.63. The lowest BCUT2D eigenvalue weighted by atomic mass is 9.99. The smallest absolute Gasteiger partial charge is 0.326 e. The average molecular weight is 260 g/mol. The van der Waals surface area contributed by atoms with Gasteiger partial charge in [0.2, 0.25) is 5.91 Å². The van der Waals surface area contributed by atoms with Crippen molar-refractivity contribution in [3.63, 3.8) is 0 Å². The quantitative estimate of drug-likeness (QED) is 0.666. The third-order valence-corrected chi connectivity index (χ3v) is 3.65. The Kier molecular flexibility index (Phi) is 4.80. The van der Waals surface area contributed by atoms with Gasteiger partial charge in [-0.2, -0.15) is 0 Å². The highest BCUT2D eigenvalue weighted by atomic mass is 32.2. The van der Waals surface area contributed by atoms with Crippen LogP contribution < -0.4 is 10.6 Å². The van der Waals surface area contributed by atoms with Gasteiger partial charge >= 0.3 is 5.97 Å². The predicted octanol–water partition coefficient (Wildman–Crippen LogP) is 0.427. The van der Waals surface area contributed by atoms with Crippen LogP contribution in [0.15, 0.2) is 0 Å². The number of aliphatic carboxylic acids is 1. The van der Waals surface area contributed by atoms with E-state index in [9.17, 15) is 14.4 Å². The number of nitrogens with one attached hydrogen (secondary N) is 2. The highest BCUT2D eigenvalue weighted by molar-refractivity contribution is 8.14. The molecule has 0 aromatic rings. The summed E-state index contributed by atoms with van der Waals surface area (Å²) < 4.78 is 0. The number of thioether (sulfide) groups is 1. The van der Waals surface area contributed by atoms with Gasteiger partial charge in [0.15, 0.2) is 0 Å². The van der Waals surface area contributed by atoms with Crippen molar-refractivity contribution < 1.29 is 19.5 Å². The standard InChI is InChI=1S/C10H16N2O4S/c1-3-5(2)7(9(14)15)12-8(13)6-4-17-10(16)11-6/h5-7H,3-4H2,1-2H3,(H,11,16)(H,12,13)(H,14,15). The summed E-state index contributed by atoms with van der Waals surface area (Å²) >= 11 is 1.03. The zero-order chi connectivity index (χ0) is 13.0. The van der Waals surface area contributed by atoms with Crippen molar-refractivity contribution in [3.05, 3.63) is 0 Å². The molecule has 0 saturated carbocycles. The van der Waals surface area contributed by atoms with E-state index >= 15 is 0 Å². The second-order valence-electron chi connectivity index (χ2n) is 4.01. The Morgan fingerprint density at radius 1 is 1.65 bits per heavy atom. The van der Waals surface area contributed by atoms with Crippen LogP contribution in [-0.4, -0.2) is 40.1 Å². The minimum absolute atomic E-state index is 0.152. The first kappa shape index (κ1) is 13.8. The van der Waals surface area contributed by atoms with E-state index in [1.807, 2.05) is 6.92 Å². The topological polar surface area (TPSA) is 95.5 Å². The maximum atomic E-state index is 11.7. The van der Waals surface area contributed by atoms with E-state index in [0.29, 0.717) is 12.2 Å². The van der Waals surface area contributed by atoms with Crippen LogP contribution in [0.1, 0.15) is 20.3 Å². The van der Waals surface area contributed by atoms with E-state index in [2.05, 4.69) is 10.6 Å². The van der Waals surface area contributed by atoms with Gasteiger partial charge in [-0.25, -0.2) is 4.79 Å². The molecule has 0 aliphatic carbocycles. The van der Waals surface area contributed by atoms with Gasteiger partial charge in [0.05, 0.1) is 0 Å². The summed E-state index contributed by atoms with van der Waals surface area (Å²) in [5, 5.41) is 13.7. The number of carbonyl (C=O) groups is 3. The number of carbonyl (C=O) groups excluding carboxylic acids is 2. The minimum atomic E-state index is -1.05. The Balaban J connectivity index is 2.58. The molecule has 6 nitrogen and oxygen atoms in total. The SMILES string of the molecule is CCC(C)C(NC(=O)C1CSC(=O)N1)C(=O)O. The van der Waals surface area contributed by atoms with Gasteiger partial charge in [-0.15, -0.1) is 0 Å². The fourth-order valence-corrected chi connectivity index (χ4v) is 2.24. The lowest BCUT2D eigenvalue weighted by molar-refractivity contribution is -0.143. The highest BCUT2D eigenvalue weighted by Gasteiger charge is 2.32. The molecule has 17 heavy (non-hydrogen) atoms. The molecular weight excluding hydrogens is 244 g/mol. The molecule has 7 heteroatoms. The maximum Gasteiger partial charge on any atom is 0.326 e. The van der Waals surface area contributed by atoms with Crippen LogP contribution in [0.5, 0.6) is 0 Å². The Bertz CT molecular complexity index is 334. The second kappa shape index (κ2) is 5.90. The zero-order valence-electron chi connectivity index (χ0n) is 9.73. The largest absolute Gasteiger partial charge is 0.480 e. The number of rotatable bonds is 5. The molecule has 0 spiro atoms. The molecule has 0 radical (unpaired) electrons. The molecule has 0 aromatic heterocycles. The van der Waals surface area contributed by atoms with Gasteiger partial charge in [0.25, 0.3) is 5.24 Å². The Hall–Kier alpha value is -1.24. The Morgan fingerprint density at radius 2 is 2.29 bits per heavy atom. The summed E-state index contributed by atoms with van der Waals surface area (Å²) in [7, 11) is 0. The molecule has 3 atom stereocenters. The molecule has 3 N–H and O–H groups in total. The van der Waals surface area contributed by atoms with E-state index in [4.69, 9.17) is 5.11 Å². The van der Waals surface area contributed by atoms with Crippen LogP contribution in [-0.2, 0) is 9.59 Å². The second-order valence-corrected chi connectivity index (χ2v) is 5.00. The van der Waals surface area contributed by atoms with E-state index in [-0.39, 0.29) is 11.2 Å². The summed E-state index contributed by atoms with van der Waals surface area (Å²) in [6, 6.07) is -1.53. The van der Waals surface area contributed by atoms with Crippen LogP contribution in [0.25, 0.3) is 0 Å². The van der Waals surface area contributed by atoms with Gasteiger partial charge in [-0.1, -0.05) is 32.0 Å². The number of carboxylic acid groups (broad SMARTS) is 1. The van der Waals surface area contributed by atoms with Crippen molar-refractivity contribution in [2.75, 3.05) is 5.75 Å². The summed E-state index contributed by atoms with van der Waals surface area (Å²) in [4.78, 5) is 33.7. The molecule has 1 aliphatic rings. The number of hydrogen-bond donors (Lipinski definition) is 3. The number of carboxylic acids is 1. The molecule has 96 valence electrons. The van der Waals surface area contributed by atoms with E-state index < -0.39 is 24.0 Å². The van der Waals surface area contributed by atoms with E-state index in [0.717, 1.165) is 11.8 Å². The van der Waals surface area contributed by atoms with Crippen molar-refractivity contribution in [1.82, 2.24) is 10.6 Å². The Morgan fingerprint density at radius 3 is 2.71 bits per heavy atom. The molecule has 1 heterocycles. The van der Waals surface area contributed by atoms with Crippen LogP contribution in [0.3, 0.4) is 0 Å². The summed E-state index contributed by atoms with van der Waals surface area (Å²) in [5.41, 5.74) is 0. The normalized spacial score (nSPS) is 22.7. The van der Waals surface area contributed by atoms with Crippen molar-refractivity contribution in [2.45, 2.75) is 32.4 Å². The van der Waals surface area contributed by atoms with Crippen LogP contribution in [0, 0.1) is 5.92 Å². The van der Waals surface area contributed by atoms with Crippen molar-refractivity contribution in [2.24, 2.45) is 5.92 Å².